The number of methoxy groups -OCH3 is 3. The second kappa shape index (κ2) is 7.12. The van der Waals surface area contributed by atoms with Crippen molar-refractivity contribution in [3.63, 3.8) is 0 Å². The Morgan fingerprint density at radius 1 is 1.14 bits per heavy atom. The Labute approximate surface area is 164 Å². The molecular formula is C21H24N2O5. The summed E-state index contributed by atoms with van der Waals surface area (Å²) in [6, 6.07) is 5.58. The number of nitrogens with zero attached hydrogens (tertiary/aromatic N) is 1. The van der Waals surface area contributed by atoms with Crippen molar-refractivity contribution in [2.75, 3.05) is 21.3 Å². The van der Waals surface area contributed by atoms with E-state index in [1.54, 1.807) is 12.1 Å². The number of Topliss-reactive ketones (excluding diaryl/α,β-unsaturated/α-hetero) is 1. The Balaban J connectivity index is 2.25. The van der Waals surface area contributed by atoms with E-state index >= 15 is 0 Å². The largest absolute Gasteiger partial charge is 0.493 e. The lowest BCUT2D eigenvalue weighted by Gasteiger charge is -2.37. The molecular weight excluding hydrogens is 360 g/mol. The van der Waals surface area contributed by atoms with Crippen LogP contribution in [0.2, 0.25) is 0 Å². The fraction of sp³-hybridized carbons (Fsp3) is 0.429. The lowest BCUT2D eigenvalue weighted by Crippen LogP contribution is -2.33. The van der Waals surface area contributed by atoms with E-state index in [0.717, 1.165) is 0 Å². The van der Waals surface area contributed by atoms with Gasteiger partial charge in [-0.25, -0.2) is 0 Å². The molecule has 0 spiro atoms. The highest BCUT2D eigenvalue weighted by Gasteiger charge is 2.43. The summed E-state index contributed by atoms with van der Waals surface area (Å²) in [5, 5.41) is 9.74. The van der Waals surface area contributed by atoms with Gasteiger partial charge in [-0.3, -0.25) is 4.79 Å². The molecule has 0 saturated carbocycles. The van der Waals surface area contributed by atoms with Crippen molar-refractivity contribution in [1.82, 2.24) is 0 Å². The molecule has 1 atom stereocenters. The second-order valence-electron chi connectivity index (χ2n) is 7.66. The van der Waals surface area contributed by atoms with Crippen molar-refractivity contribution in [3.05, 3.63) is 40.5 Å². The summed E-state index contributed by atoms with van der Waals surface area (Å²) in [4.78, 5) is 13.0. The molecule has 0 bridgehead atoms. The molecule has 1 aliphatic carbocycles. The minimum Gasteiger partial charge on any atom is -0.493 e. The standard InChI is InChI=1S/C21H24N2O5/c1-21(2)8-13(24)18-16(9-21)28-20(23)12(10-22)17(18)11-6-14(25-3)19(27-5)15(7-11)26-4/h6-7,17H,8-9,23H2,1-5H3/t17-/m1/s1. The molecule has 0 unspecified atom stereocenters. The van der Waals surface area contributed by atoms with Gasteiger partial charge in [-0.2, -0.15) is 5.26 Å². The maximum absolute atomic E-state index is 13.0. The first-order chi connectivity index (χ1) is 13.3. The average Bonchev–Trinajstić information content (AvgIpc) is 2.64. The van der Waals surface area contributed by atoms with E-state index in [2.05, 4.69) is 6.07 Å². The number of ether oxygens (including phenoxy) is 4. The molecule has 2 aliphatic rings. The van der Waals surface area contributed by atoms with Crippen LogP contribution in [0.3, 0.4) is 0 Å². The van der Waals surface area contributed by atoms with Gasteiger partial charge in [-0.05, 0) is 23.1 Å². The van der Waals surface area contributed by atoms with Gasteiger partial charge < -0.3 is 24.7 Å². The van der Waals surface area contributed by atoms with Crippen LogP contribution in [0, 0.1) is 16.7 Å². The molecule has 0 fully saturated rings. The van der Waals surface area contributed by atoms with Crippen LogP contribution in [0.25, 0.3) is 0 Å². The second-order valence-corrected chi connectivity index (χ2v) is 7.66. The van der Waals surface area contributed by atoms with Gasteiger partial charge in [0.1, 0.15) is 17.4 Å². The van der Waals surface area contributed by atoms with Crippen LogP contribution < -0.4 is 19.9 Å². The van der Waals surface area contributed by atoms with E-state index in [1.807, 2.05) is 13.8 Å². The number of hydrogen-bond donors (Lipinski definition) is 1. The lowest BCUT2D eigenvalue weighted by atomic mass is 9.70. The molecule has 0 radical (unpaired) electrons. The summed E-state index contributed by atoms with van der Waals surface area (Å²) in [5.74, 6) is 1.15. The highest BCUT2D eigenvalue weighted by atomic mass is 16.5. The summed E-state index contributed by atoms with van der Waals surface area (Å²) in [5.41, 5.74) is 7.14. The molecule has 7 heteroatoms. The fourth-order valence-corrected chi connectivity index (χ4v) is 3.89. The summed E-state index contributed by atoms with van der Waals surface area (Å²) >= 11 is 0. The third-order valence-corrected chi connectivity index (χ3v) is 5.10. The van der Waals surface area contributed by atoms with Gasteiger partial charge in [0.2, 0.25) is 11.6 Å². The van der Waals surface area contributed by atoms with Gasteiger partial charge >= 0.3 is 0 Å². The van der Waals surface area contributed by atoms with Gasteiger partial charge in [0.25, 0.3) is 0 Å². The van der Waals surface area contributed by atoms with E-state index in [1.165, 1.54) is 21.3 Å². The Morgan fingerprint density at radius 2 is 1.75 bits per heavy atom. The zero-order chi connectivity index (χ0) is 20.6. The number of allylic oxidation sites excluding steroid dienone is 3. The zero-order valence-corrected chi connectivity index (χ0v) is 16.7. The topological polar surface area (TPSA) is 104 Å². The highest BCUT2D eigenvalue weighted by molar-refractivity contribution is 6.00. The fourth-order valence-electron chi connectivity index (χ4n) is 3.89. The normalized spacial score (nSPS) is 20.9. The molecule has 7 nitrogen and oxygen atoms in total. The van der Waals surface area contributed by atoms with E-state index < -0.39 is 5.92 Å². The molecule has 148 valence electrons. The number of benzene rings is 1. The van der Waals surface area contributed by atoms with Crippen LogP contribution in [-0.4, -0.2) is 27.1 Å². The summed E-state index contributed by atoms with van der Waals surface area (Å²) < 4.78 is 22.0. The molecule has 28 heavy (non-hydrogen) atoms. The van der Waals surface area contributed by atoms with Crippen LogP contribution in [0.1, 0.15) is 38.2 Å². The molecule has 0 amide bonds. The number of rotatable bonds is 4. The van der Waals surface area contributed by atoms with Crippen LogP contribution in [0.5, 0.6) is 17.2 Å². The van der Waals surface area contributed by atoms with Crippen molar-refractivity contribution < 1.29 is 23.7 Å². The van der Waals surface area contributed by atoms with Crippen molar-refractivity contribution >= 4 is 5.78 Å². The van der Waals surface area contributed by atoms with Gasteiger partial charge in [-0.15, -0.1) is 0 Å². The quantitative estimate of drug-likeness (QED) is 0.850. The molecule has 0 saturated heterocycles. The predicted molar refractivity (Wildman–Crippen MR) is 102 cm³/mol. The summed E-state index contributed by atoms with van der Waals surface area (Å²) in [6.07, 6.45) is 0.934. The Hall–Kier alpha value is -3.14. The SMILES string of the molecule is COc1cc([C@@H]2C(C#N)=C(N)OC3=C2C(=O)CC(C)(C)C3)cc(OC)c1OC. The zero-order valence-electron chi connectivity index (χ0n) is 16.7. The van der Waals surface area contributed by atoms with E-state index in [-0.39, 0.29) is 22.7 Å². The van der Waals surface area contributed by atoms with Crippen LogP contribution in [0.15, 0.2) is 34.9 Å². The van der Waals surface area contributed by atoms with E-state index in [4.69, 9.17) is 24.7 Å². The monoisotopic (exact) mass is 384 g/mol. The van der Waals surface area contributed by atoms with E-state index in [9.17, 15) is 10.1 Å². The number of ketones is 1. The molecule has 0 aromatic heterocycles. The van der Waals surface area contributed by atoms with Gasteiger partial charge in [0, 0.05) is 18.4 Å². The smallest absolute Gasteiger partial charge is 0.205 e. The van der Waals surface area contributed by atoms with Crippen LogP contribution in [0.4, 0.5) is 0 Å². The van der Waals surface area contributed by atoms with Gasteiger partial charge in [0.15, 0.2) is 17.3 Å². The Morgan fingerprint density at radius 3 is 2.25 bits per heavy atom. The molecule has 3 rings (SSSR count). The maximum Gasteiger partial charge on any atom is 0.205 e. The number of nitrogens with two attached hydrogens (primary N) is 1. The first-order valence-electron chi connectivity index (χ1n) is 8.90. The molecule has 1 aliphatic heterocycles. The van der Waals surface area contributed by atoms with E-state index in [0.29, 0.717) is 47.0 Å². The predicted octanol–water partition coefficient (Wildman–Crippen LogP) is 3.16. The minimum atomic E-state index is -0.647. The van der Waals surface area contributed by atoms with Crippen LogP contribution in [-0.2, 0) is 9.53 Å². The van der Waals surface area contributed by atoms with Gasteiger partial charge in [-0.1, -0.05) is 13.8 Å². The van der Waals surface area contributed by atoms with Gasteiger partial charge in [0.05, 0.1) is 27.2 Å². The molecule has 1 aromatic rings. The molecule has 1 aromatic carbocycles. The number of carbonyl (C=O) groups excluding carboxylic acids is 1. The van der Waals surface area contributed by atoms with Crippen LogP contribution >= 0.6 is 0 Å². The summed E-state index contributed by atoms with van der Waals surface area (Å²) in [7, 11) is 4.54. The third kappa shape index (κ3) is 3.15. The summed E-state index contributed by atoms with van der Waals surface area (Å²) in [6.45, 7) is 4.01. The van der Waals surface area contributed by atoms with Crippen molar-refractivity contribution in [2.45, 2.75) is 32.6 Å². The number of carbonyl (C=O) groups is 1. The molecule has 2 N–H and O–H groups in total. The Bertz CT molecular complexity index is 912. The average molecular weight is 384 g/mol. The minimum absolute atomic E-state index is 0.0190. The maximum atomic E-state index is 13.0. The first kappa shape index (κ1) is 19.6. The number of hydrogen-bond acceptors (Lipinski definition) is 7. The Kier molecular flexibility index (Phi) is 4.99. The first-order valence-corrected chi connectivity index (χ1v) is 8.90. The lowest BCUT2D eigenvalue weighted by molar-refractivity contribution is -0.119. The van der Waals surface area contributed by atoms with Crippen molar-refractivity contribution in [1.29, 1.82) is 5.26 Å². The number of nitriles is 1. The highest BCUT2D eigenvalue weighted by Crippen LogP contribution is 2.50. The van der Waals surface area contributed by atoms with Crippen molar-refractivity contribution in [3.8, 4) is 23.3 Å². The third-order valence-electron chi connectivity index (χ3n) is 5.10. The molecule has 1 heterocycles. The van der Waals surface area contributed by atoms with Crippen molar-refractivity contribution in [2.24, 2.45) is 11.1 Å².